The van der Waals surface area contributed by atoms with Crippen molar-refractivity contribution >= 4 is 16.0 Å². The maximum Gasteiger partial charge on any atom is 0.243 e. The number of ether oxygens (including phenoxy) is 1. The Morgan fingerprint density at radius 3 is 2.42 bits per heavy atom. The van der Waals surface area contributed by atoms with Crippen molar-refractivity contribution in [3.63, 3.8) is 0 Å². The molecule has 12 heteroatoms. The highest BCUT2D eigenvalue weighted by atomic mass is 32.2. The third kappa shape index (κ3) is 4.58. The number of anilines is 1. The van der Waals surface area contributed by atoms with Crippen LogP contribution < -0.4 is 4.72 Å². The van der Waals surface area contributed by atoms with Gasteiger partial charge in [0, 0.05) is 24.9 Å². The lowest BCUT2D eigenvalue weighted by molar-refractivity contribution is 0.103. The summed E-state index contributed by atoms with van der Waals surface area (Å²) in [6.45, 7) is 5.48. The van der Waals surface area contributed by atoms with Gasteiger partial charge in [-0.3, -0.25) is 9.29 Å². The zero-order valence-corrected chi connectivity index (χ0v) is 19.2. The third-order valence-electron chi connectivity index (χ3n) is 5.70. The van der Waals surface area contributed by atoms with Gasteiger partial charge in [-0.1, -0.05) is 13.0 Å². The highest BCUT2D eigenvalue weighted by Gasteiger charge is 2.34. The standard InChI is InChI=1S/C21H24F2N6O3S/c1-12-10-24-19(25-11-12)13(2)14(3)33(30,31)28-21-27-26-20(17-8-5-9-32-17)29(21)18-15(22)6-4-7-16(18)23/h4,6-7,10-11,13-14,17H,5,8-9H2,1-3H3,(H,27,28)/t13-,14-,17-/m0/s1. The van der Waals surface area contributed by atoms with Crippen LogP contribution in [0.1, 0.15) is 55.9 Å². The van der Waals surface area contributed by atoms with Crippen LogP contribution in [0, 0.1) is 18.6 Å². The molecule has 0 aliphatic carbocycles. The molecule has 1 aliphatic rings. The monoisotopic (exact) mass is 478 g/mol. The molecule has 1 fully saturated rings. The number of aromatic nitrogens is 5. The van der Waals surface area contributed by atoms with E-state index in [9.17, 15) is 17.2 Å². The molecule has 3 aromatic rings. The molecule has 2 aromatic heterocycles. The molecule has 0 bridgehead atoms. The van der Waals surface area contributed by atoms with Crippen molar-refractivity contribution in [3.8, 4) is 5.69 Å². The lowest BCUT2D eigenvalue weighted by Gasteiger charge is -2.21. The van der Waals surface area contributed by atoms with Crippen molar-refractivity contribution in [3.05, 3.63) is 59.4 Å². The molecule has 3 heterocycles. The maximum atomic E-state index is 14.7. The Labute approximate surface area is 190 Å². The van der Waals surface area contributed by atoms with E-state index in [0.29, 0.717) is 18.9 Å². The molecule has 0 amide bonds. The molecule has 9 nitrogen and oxygen atoms in total. The Morgan fingerprint density at radius 1 is 1.15 bits per heavy atom. The summed E-state index contributed by atoms with van der Waals surface area (Å²) in [5.41, 5.74) is 0.370. The number of rotatable bonds is 7. The van der Waals surface area contributed by atoms with E-state index in [4.69, 9.17) is 4.74 Å². The second kappa shape index (κ2) is 9.10. The molecule has 0 spiro atoms. The molecule has 3 atom stereocenters. The van der Waals surface area contributed by atoms with Gasteiger partial charge >= 0.3 is 0 Å². The van der Waals surface area contributed by atoms with Crippen LogP contribution in [0.3, 0.4) is 0 Å². The van der Waals surface area contributed by atoms with Crippen LogP contribution >= 0.6 is 0 Å². The van der Waals surface area contributed by atoms with Crippen molar-refractivity contribution in [2.24, 2.45) is 0 Å². The summed E-state index contributed by atoms with van der Waals surface area (Å²) in [4.78, 5) is 8.42. The topological polar surface area (TPSA) is 112 Å². The number of hydrogen-bond donors (Lipinski definition) is 1. The van der Waals surface area contributed by atoms with Crippen LogP contribution in [0.25, 0.3) is 5.69 Å². The van der Waals surface area contributed by atoms with E-state index < -0.39 is 44.6 Å². The van der Waals surface area contributed by atoms with Crippen molar-refractivity contribution in [2.45, 2.75) is 50.9 Å². The van der Waals surface area contributed by atoms with Gasteiger partial charge in [0.05, 0.1) is 5.25 Å². The van der Waals surface area contributed by atoms with E-state index in [0.717, 1.165) is 28.7 Å². The summed E-state index contributed by atoms with van der Waals surface area (Å²) < 4.78 is 64.8. The Hall–Kier alpha value is -2.99. The second-order valence-electron chi connectivity index (χ2n) is 8.05. The number of hydrogen-bond acceptors (Lipinski definition) is 7. The summed E-state index contributed by atoms with van der Waals surface area (Å²) >= 11 is 0. The highest BCUT2D eigenvalue weighted by molar-refractivity contribution is 7.93. The minimum absolute atomic E-state index is 0.122. The Kier molecular flexibility index (Phi) is 6.39. The van der Waals surface area contributed by atoms with Gasteiger partial charge in [-0.05, 0) is 44.4 Å². The van der Waals surface area contributed by atoms with E-state index in [2.05, 4.69) is 24.9 Å². The first kappa shape index (κ1) is 23.2. The minimum Gasteiger partial charge on any atom is -0.370 e. The molecule has 1 aromatic carbocycles. The van der Waals surface area contributed by atoms with E-state index >= 15 is 0 Å². The molecule has 1 saturated heterocycles. The smallest absolute Gasteiger partial charge is 0.243 e. The van der Waals surface area contributed by atoms with Crippen LogP contribution in [-0.4, -0.2) is 45.0 Å². The molecule has 0 radical (unpaired) electrons. The quantitative estimate of drug-likeness (QED) is 0.554. The van der Waals surface area contributed by atoms with Crippen molar-refractivity contribution in [1.82, 2.24) is 24.7 Å². The SMILES string of the molecule is Cc1cnc([C@@H](C)[C@H](C)S(=O)(=O)Nc2nnc([C@@H]3CCCO3)n2-c2c(F)cccc2F)nc1. The zero-order valence-electron chi connectivity index (χ0n) is 18.4. The molecular formula is C21H24F2N6O3S. The van der Waals surface area contributed by atoms with E-state index in [1.807, 2.05) is 6.92 Å². The molecule has 1 aliphatic heterocycles. The van der Waals surface area contributed by atoms with Gasteiger partial charge < -0.3 is 4.74 Å². The predicted molar refractivity (Wildman–Crippen MR) is 116 cm³/mol. The first-order chi connectivity index (χ1) is 15.7. The normalized spacial score (nSPS) is 18.3. The molecule has 1 N–H and O–H groups in total. The number of sulfonamides is 1. The van der Waals surface area contributed by atoms with Gasteiger partial charge in [-0.25, -0.2) is 27.2 Å². The van der Waals surface area contributed by atoms with Gasteiger partial charge in [0.1, 0.15) is 29.3 Å². The van der Waals surface area contributed by atoms with Crippen LogP contribution in [0.4, 0.5) is 14.7 Å². The van der Waals surface area contributed by atoms with Crippen LogP contribution in [0.5, 0.6) is 0 Å². The predicted octanol–water partition coefficient (Wildman–Crippen LogP) is 3.43. The maximum absolute atomic E-state index is 14.7. The van der Waals surface area contributed by atoms with Gasteiger partial charge in [0.2, 0.25) is 16.0 Å². The van der Waals surface area contributed by atoms with Crippen LogP contribution in [-0.2, 0) is 14.8 Å². The lowest BCUT2D eigenvalue weighted by Crippen LogP contribution is -2.31. The van der Waals surface area contributed by atoms with Crippen molar-refractivity contribution in [1.29, 1.82) is 0 Å². The van der Waals surface area contributed by atoms with E-state index in [-0.39, 0.29) is 11.8 Å². The molecule has 4 rings (SSSR count). The van der Waals surface area contributed by atoms with Gasteiger partial charge in [0.15, 0.2) is 5.82 Å². The number of nitrogens with one attached hydrogen (secondary N) is 1. The fourth-order valence-corrected chi connectivity index (χ4v) is 4.84. The average Bonchev–Trinajstić information content (AvgIpc) is 3.43. The minimum atomic E-state index is -4.08. The fraction of sp³-hybridized carbons (Fsp3) is 0.429. The molecule has 33 heavy (non-hydrogen) atoms. The van der Waals surface area contributed by atoms with Gasteiger partial charge in [-0.15, -0.1) is 10.2 Å². The molecule has 0 unspecified atom stereocenters. The largest absolute Gasteiger partial charge is 0.370 e. The third-order valence-corrected chi connectivity index (χ3v) is 7.56. The second-order valence-corrected chi connectivity index (χ2v) is 10.1. The number of aryl methyl sites for hydroxylation is 1. The summed E-state index contributed by atoms with van der Waals surface area (Å²) in [5, 5.41) is 6.94. The summed E-state index contributed by atoms with van der Waals surface area (Å²) in [6, 6.07) is 3.38. The highest BCUT2D eigenvalue weighted by Crippen LogP contribution is 2.33. The first-order valence-electron chi connectivity index (χ1n) is 10.5. The van der Waals surface area contributed by atoms with Crippen LogP contribution in [0.15, 0.2) is 30.6 Å². The van der Waals surface area contributed by atoms with Crippen molar-refractivity contribution in [2.75, 3.05) is 11.3 Å². The van der Waals surface area contributed by atoms with Crippen LogP contribution in [0.2, 0.25) is 0 Å². The summed E-state index contributed by atoms with van der Waals surface area (Å²) in [6.07, 6.45) is 3.96. The van der Waals surface area contributed by atoms with E-state index in [1.54, 1.807) is 19.3 Å². The Bertz CT molecular complexity index is 1220. The number of nitrogens with zero attached hydrogens (tertiary/aromatic N) is 5. The average molecular weight is 479 g/mol. The number of halogens is 2. The summed E-state index contributed by atoms with van der Waals surface area (Å²) in [7, 11) is -4.08. The Morgan fingerprint density at radius 2 is 1.82 bits per heavy atom. The number of benzene rings is 1. The molecule has 176 valence electrons. The zero-order chi connectivity index (χ0) is 23.8. The fourth-order valence-electron chi connectivity index (χ4n) is 3.61. The number of para-hydroxylation sites is 1. The Balaban J connectivity index is 1.72. The van der Waals surface area contributed by atoms with Gasteiger partial charge in [-0.2, -0.15) is 0 Å². The van der Waals surface area contributed by atoms with Gasteiger partial charge in [0.25, 0.3) is 0 Å². The summed E-state index contributed by atoms with van der Waals surface area (Å²) in [5.74, 6) is -2.18. The van der Waals surface area contributed by atoms with Crippen molar-refractivity contribution < 1.29 is 21.9 Å². The molecule has 0 saturated carbocycles. The lowest BCUT2D eigenvalue weighted by atomic mass is 10.1. The first-order valence-corrected chi connectivity index (χ1v) is 12.0. The van der Waals surface area contributed by atoms with E-state index in [1.165, 1.54) is 13.0 Å². The molecular weight excluding hydrogens is 454 g/mol.